The zero-order chi connectivity index (χ0) is 9.35. The average Bonchev–Trinajstić information content (AvgIpc) is 2.35. The van der Waals surface area contributed by atoms with Crippen molar-refractivity contribution in [3.8, 4) is 0 Å². The lowest BCUT2D eigenvalue weighted by molar-refractivity contribution is -0.568. The maximum Gasteiger partial charge on any atom is 0.222 e. The van der Waals surface area contributed by atoms with E-state index in [2.05, 4.69) is 13.0 Å². The molecule has 0 saturated heterocycles. The van der Waals surface area contributed by atoms with Crippen molar-refractivity contribution in [1.29, 1.82) is 0 Å². The first-order valence-electron chi connectivity index (χ1n) is 4.27. The minimum atomic E-state index is -0.804. The summed E-state index contributed by atoms with van der Waals surface area (Å²) in [7, 11) is 0. The SMILES string of the molecule is C[C@H]1C=C[C@@H](C(C)(C)[N+](=O)[O-])C1. The Morgan fingerprint density at radius 2 is 2.08 bits per heavy atom. The fourth-order valence-electron chi connectivity index (χ4n) is 1.54. The highest BCUT2D eigenvalue weighted by Gasteiger charge is 2.41. The quantitative estimate of drug-likeness (QED) is 0.361. The molecule has 12 heavy (non-hydrogen) atoms. The average molecular weight is 169 g/mol. The molecule has 0 spiro atoms. The maximum atomic E-state index is 10.7. The zero-order valence-electron chi connectivity index (χ0n) is 7.78. The number of nitro groups is 1. The number of allylic oxidation sites excluding steroid dienone is 1. The van der Waals surface area contributed by atoms with Crippen LogP contribution in [-0.4, -0.2) is 10.5 Å². The summed E-state index contributed by atoms with van der Waals surface area (Å²) in [6, 6.07) is 0. The molecule has 1 aliphatic rings. The lowest BCUT2D eigenvalue weighted by Gasteiger charge is -2.21. The lowest BCUT2D eigenvalue weighted by Crippen LogP contribution is -2.38. The van der Waals surface area contributed by atoms with Crippen molar-refractivity contribution in [2.45, 2.75) is 32.7 Å². The first-order chi connectivity index (χ1) is 5.44. The van der Waals surface area contributed by atoms with Crippen LogP contribution in [0, 0.1) is 22.0 Å². The van der Waals surface area contributed by atoms with Crippen LogP contribution in [0.15, 0.2) is 12.2 Å². The minimum Gasteiger partial charge on any atom is -0.264 e. The topological polar surface area (TPSA) is 43.1 Å². The Labute approximate surface area is 72.6 Å². The van der Waals surface area contributed by atoms with Crippen molar-refractivity contribution in [3.05, 3.63) is 22.3 Å². The fraction of sp³-hybridized carbons (Fsp3) is 0.778. The van der Waals surface area contributed by atoms with Gasteiger partial charge in [-0.15, -0.1) is 0 Å². The molecule has 0 aromatic heterocycles. The Hall–Kier alpha value is -0.860. The smallest absolute Gasteiger partial charge is 0.222 e. The highest BCUT2D eigenvalue weighted by molar-refractivity contribution is 5.05. The molecule has 0 aromatic rings. The van der Waals surface area contributed by atoms with E-state index in [0.717, 1.165) is 6.42 Å². The molecule has 0 aromatic carbocycles. The van der Waals surface area contributed by atoms with E-state index in [-0.39, 0.29) is 10.8 Å². The van der Waals surface area contributed by atoms with Gasteiger partial charge in [0.1, 0.15) is 0 Å². The van der Waals surface area contributed by atoms with Gasteiger partial charge < -0.3 is 0 Å². The van der Waals surface area contributed by atoms with Crippen molar-refractivity contribution in [2.75, 3.05) is 0 Å². The summed E-state index contributed by atoms with van der Waals surface area (Å²) in [6.07, 6.45) is 4.96. The molecule has 0 aliphatic heterocycles. The Bertz CT molecular complexity index is 221. The van der Waals surface area contributed by atoms with Crippen molar-refractivity contribution < 1.29 is 4.92 Å². The summed E-state index contributed by atoms with van der Waals surface area (Å²) in [5, 5.41) is 10.7. The summed E-state index contributed by atoms with van der Waals surface area (Å²) < 4.78 is 0. The van der Waals surface area contributed by atoms with Crippen LogP contribution in [-0.2, 0) is 0 Å². The van der Waals surface area contributed by atoms with Crippen LogP contribution in [0.3, 0.4) is 0 Å². The first kappa shape index (κ1) is 9.23. The van der Waals surface area contributed by atoms with Crippen LogP contribution in [0.5, 0.6) is 0 Å². The van der Waals surface area contributed by atoms with Gasteiger partial charge in [-0.3, -0.25) is 10.1 Å². The summed E-state index contributed by atoms with van der Waals surface area (Å²) >= 11 is 0. The van der Waals surface area contributed by atoms with Gasteiger partial charge in [0, 0.05) is 24.7 Å². The molecule has 1 aliphatic carbocycles. The Balaban J connectivity index is 2.71. The second-order valence-electron chi connectivity index (χ2n) is 4.12. The monoisotopic (exact) mass is 169 g/mol. The number of hydrogen-bond acceptors (Lipinski definition) is 2. The molecule has 1 rings (SSSR count). The van der Waals surface area contributed by atoms with E-state index in [1.807, 2.05) is 6.08 Å². The van der Waals surface area contributed by atoms with Gasteiger partial charge in [-0.2, -0.15) is 0 Å². The van der Waals surface area contributed by atoms with Gasteiger partial charge in [-0.25, -0.2) is 0 Å². The first-order valence-corrected chi connectivity index (χ1v) is 4.27. The van der Waals surface area contributed by atoms with E-state index in [1.165, 1.54) is 0 Å². The van der Waals surface area contributed by atoms with Gasteiger partial charge in [0.25, 0.3) is 0 Å². The van der Waals surface area contributed by atoms with Crippen LogP contribution in [0.4, 0.5) is 0 Å². The third kappa shape index (κ3) is 1.49. The zero-order valence-corrected chi connectivity index (χ0v) is 7.78. The number of hydrogen-bond donors (Lipinski definition) is 0. The molecule has 3 nitrogen and oxygen atoms in total. The molecule has 68 valence electrons. The molecular formula is C9H15NO2. The van der Waals surface area contributed by atoms with Gasteiger partial charge in [0.15, 0.2) is 0 Å². The Morgan fingerprint density at radius 3 is 2.42 bits per heavy atom. The van der Waals surface area contributed by atoms with Crippen LogP contribution >= 0.6 is 0 Å². The normalized spacial score (nSPS) is 29.2. The highest BCUT2D eigenvalue weighted by atomic mass is 16.6. The molecule has 0 heterocycles. The van der Waals surface area contributed by atoms with E-state index in [9.17, 15) is 10.1 Å². The number of nitrogens with zero attached hydrogens (tertiary/aromatic N) is 1. The van der Waals surface area contributed by atoms with Crippen LogP contribution < -0.4 is 0 Å². The fourth-order valence-corrected chi connectivity index (χ4v) is 1.54. The maximum absolute atomic E-state index is 10.7. The summed E-state index contributed by atoms with van der Waals surface area (Å²) in [5.41, 5.74) is -0.804. The molecule has 2 atom stereocenters. The van der Waals surface area contributed by atoms with Crippen LogP contribution in [0.2, 0.25) is 0 Å². The Morgan fingerprint density at radius 1 is 1.50 bits per heavy atom. The van der Waals surface area contributed by atoms with E-state index >= 15 is 0 Å². The van der Waals surface area contributed by atoms with Crippen LogP contribution in [0.1, 0.15) is 27.2 Å². The van der Waals surface area contributed by atoms with E-state index in [4.69, 9.17) is 0 Å². The van der Waals surface area contributed by atoms with Crippen LogP contribution in [0.25, 0.3) is 0 Å². The summed E-state index contributed by atoms with van der Waals surface area (Å²) in [6.45, 7) is 5.48. The highest BCUT2D eigenvalue weighted by Crippen LogP contribution is 2.33. The molecule has 0 saturated carbocycles. The van der Waals surface area contributed by atoms with Crippen molar-refractivity contribution in [3.63, 3.8) is 0 Å². The van der Waals surface area contributed by atoms with Crippen molar-refractivity contribution >= 4 is 0 Å². The molecule has 0 radical (unpaired) electrons. The second kappa shape index (κ2) is 2.88. The molecule has 0 N–H and O–H groups in total. The van der Waals surface area contributed by atoms with Gasteiger partial charge in [-0.1, -0.05) is 19.1 Å². The van der Waals surface area contributed by atoms with Gasteiger partial charge in [0.2, 0.25) is 5.54 Å². The lowest BCUT2D eigenvalue weighted by atomic mass is 9.86. The summed E-state index contributed by atoms with van der Waals surface area (Å²) in [4.78, 5) is 10.5. The van der Waals surface area contributed by atoms with Gasteiger partial charge in [0.05, 0.1) is 0 Å². The molecule has 0 fully saturated rings. The second-order valence-corrected chi connectivity index (χ2v) is 4.12. The van der Waals surface area contributed by atoms with Crippen molar-refractivity contribution in [2.24, 2.45) is 11.8 Å². The molecule has 3 heteroatoms. The predicted octanol–water partition coefficient (Wildman–Crippen LogP) is 2.25. The van der Waals surface area contributed by atoms with E-state index in [0.29, 0.717) is 5.92 Å². The largest absolute Gasteiger partial charge is 0.264 e. The molecule has 0 unspecified atom stereocenters. The van der Waals surface area contributed by atoms with Crippen molar-refractivity contribution in [1.82, 2.24) is 0 Å². The van der Waals surface area contributed by atoms with E-state index < -0.39 is 5.54 Å². The number of rotatable bonds is 2. The van der Waals surface area contributed by atoms with E-state index in [1.54, 1.807) is 13.8 Å². The standard InChI is InChI=1S/C9H15NO2/c1-7-4-5-8(6-7)9(2,3)10(11)12/h4-5,7-8H,6H2,1-3H3/t7-,8+/m0/s1. The molecule has 0 bridgehead atoms. The molecule has 0 amide bonds. The summed E-state index contributed by atoms with van der Waals surface area (Å²) in [5.74, 6) is 0.594. The predicted molar refractivity (Wildman–Crippen MR) is 47.5 cm³/mol. The van der Waals surface area contributed by atoms with Gasteiger partial charge >= 0.3 is 0 Å². The molecular weight excluding hydrogens is 154 g/mol. The third-order valence-electron chi connectivity index (χ3n) is 2.68. The van der Waals surface area contributed by atoms with Gasteiger partial charge in [-0.05, 0) is 12.3 Å². The minimum absolute atomic E-state index is 0.0995. The third-order valence-corrected chi connectivity index (χ3v) is 2.68. The Kier molecular flexibility index (Phi) is 2.22.